The van der Waals surface area contributed by atoms with E-state index in [1.54, 1.807) is 0 Å². The number of hydrogen-bond acceptors (Lipinski definition) is 38. The van der Waals surface area contributed by atoms with Gasteiger partial charge in [0.1, 0.15) is 15.2 Å². The van der Waals surface area contributed by atoms with Crippen molar-refractivity contribution in [3.05, 3.63) is 0 Å². The molecular weight excluding hydrogens is 1390 g/mol. The largest absolute Gasteiger partial charge is 1.00 e. The molecule has 3 N–H and O–H groups in total. The van der Waals surface area contributed by atoms with Gasteiger partial charge in [-0.05, 0) is 38.8 Å². The van der Waals surface area contributed by atoms with E-state index in [1.807, 2.05) is 0 Å². The van der Waals surface area contributed by atoms with Gasteiger partial charge in [0.2, 0.25) is 0 Å². The van der Waals surface area contributed by atoms with E-state index in [9.17, 15) is 78.3 Å². The van der Waals surface area contributed by atoms with Crippen molar-refractivity contribution in [3.8, 4) is 0 Å². The summed E-state index contributed by atoms with van der Waals surface area (Å²) in [7, 11) is -9.02. The molecule has 0 spiro atoms. The second-order valence-electron chi connectivity index (χ2n) is 16.7. The predicted molar refractivity (Wildman–Crippen MR) is 279 cm³/mol. The second kappa shape index (κ2) is 66.2. The van der Waals surface area contributed by atoms with Gasteiger partial charge >= 0.3 is 172 Å². The van der Waals surface area contributed by atoms with Crippen molar-refractivity contribution in [1.29, 1.82) is 0 Å². The summed E-state index contributed by atoms with van der Waals surface area (Å²) in [6, 6.07) is 1.20. The summed E-state index contributed by atoms with van der Waals surface area (Å²) >= 11 is 0. The minimum atomic E-state index is -4.03. The maximum Gasteiger partial charge on any atom is 1.00 e. The molecule has 0 aliphatic rings. The zero-order chi connectivity index (χ0) is 67.5. The summed E-state index contributed by atoms with van der Waals surface area (Å²) < 4.78 is 111. The van der Waals surface area contributed by atoms with Crippen molar-refractivity contribution in [2.45, 2.75) is 49.9 Å². The molecule has 0 radical (unpaired) electrons. The smallest absolute Gasteiger partial charge is 0.779 e. The van der Waals surface area contributed by atoms with Crippen LogP contribution in [0.1, 0.15) is 25.7 Å². The van der Waals surface area contributed by atoms with Gasteiger partial charge in [-0.2, -0.15) is 0 Å². The van der Waals surface area contributed by atoms with Crippen LogP contribution in [0, 0.1) is 0 Å². The molecule has 0 saturated carbocycles. The Morgan fingerprint density at radius 2 is 0.551 bits per heavy atom. The van der Waals surface area contributed by atoms with Crippen LogP contribution < -0.4 is 159 Å². The molecule has 38 nitrogen and oxygen atoms in total. The van der Waals surface area contributed by atoms with Gasteiger partial charge < -0.3 is 142 Å². The Hall–Kier alpha value is 0.981. The van der Waals surface area contributed by atoms with E-state index in [1.165, 1.54) is 73.8 Å². The van der Waals surface area contributed by atoms with Crippen molar-refractivity contribution in [1.82, 2.24) is 19.6 Å². The minimum absolute atomic E-state index is 0. The summed E-state index contributed by atoms with van der Waals surface area (Å²) in [6.45, 7) is -0.282. The van der Waals surface area contributed by atoms with E-state index < -0.39 is 131 Å². The molecule has 89 heavy (non-hydrogen) atoms. The molecule has 50 heteroatoms. The summed E-state index contributed by atoms with van der Waals surface area (Å²) in [5.74, 6) is -8.35. The minimum Gasteiger partial charge on any atom is -0.779 e. The normalized spacial score (nSPS) is 12.2. The third-order valence-corrected chi connectivity index (χ3v) is 21.1. The first-order valence-electron chi connectivity index (χ1n) is 24.3. The first-order valence-corrected chi connectivity index (χ1v) is 37.8. The van der Waals surface area contributed by atoms with Gasteiger partial charge in [0.25, 0.3) is 0 Å². The van der Waals surface area contributed by atoms with Crippen LogP contribution in [-0.2, 0) is 105 Å². The average molecular weight is 1470 g/mol. The maximum atomic E-state index is 10.9. The van der Waals surface area contributed by atoms with Gasteiger partial charge in [-0.3, -0.25) is 37.4 Å². The molecule has 0 amide bonds. The number of hydrogen-bond donors (Lipinski definition) is 3. The third kappa shape index (κ3) is 76.2. The Morgan fingerprint density at radius 1 is 0.371 bits per heavy atom. The first kappa shape index (κ1) is 111. The van der Waals surface area contributed by atoms with Crippen LogP contribution in [0.15, 0.2) is 0 Å². The van der Waals surface area contributed by atoms with E-state index in [0.29, 0.717) is 50.5 Å². The Morgan fingerprint density at radius 3 is 0.730 bits per heavy atom. The zero-order valence-electron chi connectivity index (χ0n) is 53.2. The van der Waals surface area contributed by atoms with Crippen LogP contribution in [0.25, 0.3) is 0 Å². The summed E-state index contributed by atoms with van der Waals surface area (Å²) in [6.07, 6.45) is 1.61. The monoisotopic (exact) mass is 1470 g/mol. The maximum absolute atomic E-state index is 10.9. The number of carbonyl (C=O) groups is 6. The first-order chi connectivity index (χ1) is 39.3. The zero-order valence-corrected chi connectivity index (χ0v) is 69.0. The van der Waals surface area contributed by atoms with Crippen LogP contribution in [-0.4, -0.2) is 293 Å². The fourth-order valence-electron chi connectivity index (χ4n) is 6.39. The summed E-state index contributed by atoms with van der Waals surface area (Å²) in [5.41, 5.74) is 0. The molecule has 0 aromatic carbocycles. The van der Waals surface area contributed by atoms with Gasteiger partial charge in [-0.25, -0.2) is 0 Å². The van der Waals surface area contributed by atoms with Gasteiger partial charge in [-0.1, -0.05) is 0 Å². The fourth-order valence-corrected chi connectivity index (χ4v) is 13.0. The van der Waals surface area contributed by atoms with Crippen LogP contribution >= 0.6 is 15.2 Å². The van der Waals surface area contributed by atoms with E-state index in [0.717, 1.165) is 23.1 Å². The topological polar surface area (TPSA) is 565 Å². The quantitative estimate of drug-likeness (QED) is 0.0289. The Labute approximate surface area is 614 Å². The summed E-state index contributed by atoms with van der Waals surface area (Å²) in [4.78, 5) is 116. The van der Waals surface area contributed by atoms with E-state index in [4.69, 9.17) is 72.1 Å². The molecule has 502 valence electrons. The molecular formula is C39H80N4Na4O34P2Si6-4. The molecule has 0 rings (SSSR count). The number of aliphatic carboxylic acids is 6. The predicted octanol–water partition coefficient (Wildman–Crippen LogP) is -24.1. The van der Waals surface area contributed by atoms with Gasteiger partial charge in [0.15, 0.2) is 0 Å². The van der Waals surface area contributed by atoms with Gasteiger partial charge in [0.05, 0.1) is 49.0 Å². The molecule has 2 unspecified atom stereocenters. The second-order valence-corrected chi connectivity index (χ2v) is 31.9. The molecule has 0 saturated heterocycles. The molecule has 0 aliphatic heterocycles. The molecule has 0 heterocycles. The summed E-state index contributed by atoms with van der Waals surface area (Å²) in [5, 5.41) is 64.5. The Balaban J connectivity index is -0.000000116. The van der Waals surface area contributed by atoms with Crippen molar-refractivity contribution in [2.75, 3.05) is 169 Å². The molecule has 2 atom stereocenters. The number of carbonyl (C=O) groups excluding carboxylic acids is 6. The van der Waals surface area contributed by atoms with Crippen LogP contribution in [0.4, 0.5) is 0 Å². The molecule has 0 bridgehead atoms. The standard InChI is InChI=1S/2C14H28N2O9Si.C7H19O6PSi.C4H13O6PSi.4Na.2O2Si/c2*1-23-26(24-2,25-3)8-4-5-15(9-12(17)18)6-7-16(10-13(19)20)11-14(21)22;1-10-15(11-2,12-3)7-5-6-13-14(4,8)9;1-11(5,6)10-3-2-4-12(7,8)9;;;;;2*1-3-2/h2*4-11H2,1-3H3,(H,17,18)(H,19,20)(H,21,22);5-7H2,1-4H3,(H,8,9);7-9H,2-4H2,1H3,(H,5,6);;;;;;/q;;;;4*+1;;/p-8. The van der Waals surface area contributed by atoms with Crippen molar-refractivity contribution in [3.63, 3.8) is 0 Å². The van der Waals surface area contributed by atoms with E-state index >= 15 is 0 Å². The number of nitrogens with zero attached hydrogens (tertiary/aromatic N) is 4. The fraction of sp³-hybridized carbons (Fsp3) is 0.846. The number of rotatable bonds is 45. The van der Waals surface area contributed by atoms with Gasteiger partial charge in [-0.15, -0.1) is 0 Å². The van der Waals surface area contributed by atoms with Crippen molar-refractivity contribution in [2.24, 2.45) is 0 Å². The number of carboxylic acids is 6. The van der Waals surface area contributed by atoms with E-state index in [2.05, 4.69) is 9.05 Å². The third-order valence-electron chi connectivity index (χ3n) is 10.2. The number of carboxylic acid groups (broad SMARTS) is 6. The Bertz CT molecular complexity index is 1860. The molecule has 0 aromatic rings. The van der Waals surface area contributed by atoms with Gasteiger partial charge in [0, 0.05) is 167 Å². The van der Waals surface area contributed by atoms with Crippen molar-refractivity contribution < 1.29 is 278 Å². The SMILES string of the molecule is CO[Si](CCCN(CCN(CC(=O)[O-])CC(=O)[O-])CC(=O)[O-])(OC)OC.CO[Si](CCCN(CCN(CC(=O)[O-])CC(=O)[O-])CC(=O)[O-])(OC)OC.CO[Si](CCCOP(C)(=O)[O-])(OC)OC.CP(=O)([O-])OCCC[Si](O)(O)O.O=[Si]=O.O=[Si]=O.[Na+].[Na+].[Na+].[Na+]. The van der Waals surface area contributed by atoms with Crippen LogP contribution in [0.3, 0.4) is 0 Å². The molecule has 0 aromatic heterocycles. The van der Waals surface area contributed by atoms with Crippen molar-refractivity contribution >= 4 is 105 Å². The molecule has 0 fully saturated rings. The van der Waals surface area contributed by atoms with Crippen LogP contribution in [0.5, 0.6) is 0 Å². The van der Waals surface area contributed by atoms with Crippen LogP contribution in [0.2, 0.25) is 24.2 Å². The van der Waals surface area contributed by atoms with E-state index in [-0.39, 0.29) is 183 Å². The molecule has 0 aliphatic carbocycles. The average Bonchev–Trinajstić information content (AvgIpc) is 3.56. The Kier molecular flexibility index (Phi) is 82.9.